The molecule has 2 heterocycles. The van der Waals surface area contributed by atoms with Crippen molar-refractivity contribution in [3.05, 3.63) is 60.7 Å². The minimum Gasteiger partial charge on any atom is -0.453 e. The first-order valence-electron chi connectivity index (χ1n) is 7.76. The lowest BCUT2D eigenvalue weighted by atomic mass is 10.1. The van der Waals surface area contributed by atoms with Crippen molar-refractivity contribution in [2.75, 3.05) is 11.9 Å². The summed E-state index contributed by atoms with van der Waals surface area (Å²) in [6.07, 6.45) is 0. The SMILES string of the molecule is CN1c2ccccc2Oc2cc3c4ccccc4n(C)c3cc21. The molecule has 0 aliphatic carbocycles. The molecule has 3 heteroatoms. The molecule has 23 heavy (non-hydrogen) atoms. The Hall–Kier alpha value is -2.94. The number of ether oxygens (including phenoxy) is 1. The highest BCUT2D eigenvalue weighted by Gasteiger charge is 2.23. The van der Waals surface area contributed by atoms with Crippen LogP contribution >= 0.6 is 0 Å². The van der Waals surface area contributed by atoms with E-state index in [1.807, 2.05) is 18.2 Å². The molecule has 3 nitrogen and oxygen atoms in total. The lowest BCUT2D eigenvalue weighted by Crippen LogP contribution is -2.15. The topological polar surface area (TPSA) is 17.4 Å². The first kappa shape index (κ1) is 12.6. The number of aromatic nitrogens is 1. The fourth-order valence-electron chi connectivity index (χ4n) is 3.59. The molecule has 1 aliphatic rings. The summed E-state index contributed by atoms with van der Waals surface area (Å²) < 4.78 is 8.41. The average molecular weight is 300 g/mol. The third-order valence-electron chi connectivity index (χ3n) is 4.80. The highest BCUT2D eigenvalue weighted by atomic mass is 16.5. The molecule has 0 fully saturated rings. The van der Waals surface area contributed by atoms with Crippen molar-refractivity contribution in [2.45, 2.75) is 0 Å². The van der Waals surface area contributed by atoms with E-state index in [4.69, 9.17) is 4.74 Å². The van der Waals surface area contributed by atoms with Gasteiger partial charge in [0.15, 0.2) is 11.5 Å². The summed E-state index contributed by atoms with van der Waals surface area (Å²) in [5, 5.41) is 2.49. The van der Waals surface area contributed by atoms with Crippen LogP contribution in [-0.2, 0) is 7.05 Å². The Morgan fingerprint density at radius 3 is 2.39 bits per heavy atom. The van der Waals surface area contributed by atoms with Gasteiger partial charge in [0, 0.05) is 30.4 Å². The zero-order valence-electron chi connectivity index (χ0n) is 13.1. The van der Waals surface area contributed by atoms with E-state index in [-0.39, 0.29) is 0 Å². The second-order valence-corrected chi connectivity index (χ2v) is 6.04. The van der Waals surface area contributed by atoms with Gasteiger partial charge in [0.2, 0.25) is 0 Å². The lowest BCUT2D eigenvalue weighted by Gasteiger charge is -2.29. The molecule has 112 valence electrons. The number of anilines is 2. The van der Waals surface area contributed by atoms with Gasteiger partial charge in [0.1, 0.15) is 0 Å². The smallest absolute Gasteiger partial charge is 0.151 e. The Morgan fingerprint density at radius 2 is 1.48 bits per heavy atom. The zero-order valence-corrected chi connectivity index (χ0v) is 13.1. The highest BCUT2D eigenvalue weighted by Crippen LogP contribution is 2.48. The number of hydrogen-bond donors (Lipinski definition) is 0. The van der Waals surface area contributed by atoms with E-state index >= 15 is 0 Å². The Labute approximate surface area is 134 Å². The van der Waals surface area contributed by atoms with Crippen LogP contribution < -0.4 is 9.64 Å². The van der Waals surface area contributed by atoms with Gasteiger partial charge in [-0.15, -0.1) is 0 Å². The normalized spacial score (nSPS) is 13.0. The number of para-hydroxylation sites is 3. The summed E-state index contributed by atoms with van der Waals surface area (Å²) in [4.78, 5) is 2.20. The first-order valence-corrected chi connectivity index (χ1v) is 7.76. The van der Waals surface area contributed by atoms with Crippen LogP contribution in [0.2, 0.25) is 0 Å². The second kappa shape index (κ2) is 4.29. The monoisotopic (exact) mass is 300 g/mol. The number of aryl methyl sites for hydroxylation is 1. The molecule has 0 atom stereocenters. The third-order valence-corrected chi connectivity index (χ3v) is 4.80. The van der Waals surface area contributed by atoms with Crippen LogP contribution in [0.5, 0.6) is 11.5 Å². The van der Waals surface area contributed by atoms with Crippen molar-refractivity contribution in [3.63, 3.8) is 0 Å². The molecule has 0 bridgehead atoms. The van der Waals surface area contributed by atoms with Crippen LogP contribution in [0.4, 0.5) is 11.4 Å². The van der Waals surface area contributed by atoms with Crippen LogP contribution in [0.1, 0.15) is 0 Å². The maximum atomic E-state index is 6.16. The Morgan fingerprint density at radius 1 is 0.696 bits per heavy atom. The number of hydrogen-bond acceptors (Lipinski definition) is 2. The Balaban J connectivity index is 1.85. The fraction of sp³-hybridized carbons (Fsp3) is 0.100. The van der Waals surface area contributed by atoms with E-state index in [9.17, 15) is 0 Å². The Bertz CT molecular complexity index is 1080. The summed E-state index contributed by atoms with van der Waals surface area (Å²) in [5.74, 6) is 1.82. The van der Waals surface area contributed by atoms with Crippen molar-refractivity contribution in [2.24, 2.45) is 7.05 Å². The van der Waals surface area contributed by atoms with Crippen LogP contribution in [-0.4, -0.2) is 11.6 Å². The Kier molecular flexibility index (Phi) is 2.35. The molecular formula is C20H16N2O. The number of nitrogens with zero attached hydrogens (tertiary/aromatic N) is 2. The molecule has 0 spiro atoms. The van der Waals surface area contributed by atoms with Crippen molar-refractivity contribution in [1.82, 2.24) is 4.57 Å². The van der Waals surface area contributed by atoms with Gasteiger partial charge in [0.25, 0.3) is 0 Å². The molecule has 0 amide bonds. The molecule has 1 aromatic heterocycles. The largest absolute Gasteiger partial charge is 0.453 e. The predicted octanol–water partition coefficient (Wildman–Crippen LogP) is 5.21. The van der Waals surface area contributed by atoms with Crippen molar-refractivity contribution >= 4 is 33.2 Å². The molecule has 5 rings (SSSR count). The number of benzene rings is 3. The second-order valence-electron chi connectivity index (χ2n) is 6.04. The van der Waals surface area contributed by atoms with Crippen molar-refractivity contribution in [3.8, 4) is 11.5 Å². The summed E-state index contributed by atoms with van der Waals surface area (Å²) >= 11 is 0. The molecule has 4 aromatic rings. The fourth-order valence-corrected chi connectivity index (χ4v) is 3.59. The first-order chi connectivity index (χ1) is 11.2. The van der Waals surface area contributed by atoms with E-state index in [1.54, 1.807) is 0 Å². The lowest BCUT2D eigenvalue weighted by molar-refractivity contribution is 0.476. The molecule has 3 aromatic carbocycles. The van der Waals surface area contributed by atoms with Gasteiger partial charge < -0.3 is 14.2 Å². The number of fused-ring (bicyclic) bond motifs is 5. The van der Waals surface area contributed by atoms with Crippen LogP contribution in [0, 0.1) is 0 Å². The van der Waals surface area contributed by atoms with Gasteiger partial charge in [-0.25, -0.2) is 0 Å². The van der Waals surface area contributed by atoms with Crippen LogP contribution in [0.3, 0.4) is 0 Å². The average Bonchev–Trinajstić information content (AvgIpc) is 2.87. The zero-order chi connectivity index (χ0) is 15.6. The molecule has 0 unspecified atom stereocenters. The molecule has 0 saturated carbocycles. The van der Waals surface area contributed by atoms with Gasteiger partial charge in [-0.3, -0.25) is 0 Å². The van der Waals surface area contributed by atoms with Gasteiger partial charge in [-0.05, 0) is 30.3 Å². The van der Waals surface area contributed by atoms with E-state index in [1.165, 1.54) is 21.8 Å². The summed E-state index contributed by atoms with van der Waals surface area (Å²) in [6, 6.07) is 21.0. The van der Waals surface area contributed by atoms with Crippen LogP contribution in [0.15, 0.2) is 60.7 Å². The van der Waals surface area contributed by atoms with E-state index in [0.29, 0.717) is 0 Å². The molecule has 1 aliphatic heterocycles. The van der Waals surface area contributed by atoms with E-state index in [2.05, 4.69) is 66.0 Å². The molecular weight excluding hydrogens is 284 g/mol. The summed E-state index contributed by atoms with van der Waals surface area (Å²) in [6.45, 7) is 0. The quantitative estimate of drug-likeness (QED) is 0.444. The van der Waals surface area contributed by atoms with Crippen molar-refractivity contribution in [1.29, 1.82) is 0 Å². The third kappa shape index (κ3) is 1.59. The predicted molar refractivity (Wildman–Crippen MR) is 95.0 cm³/mol. The number of rotatable bonds is 0. The van der Waals surface area contributed by atoms with Gasteiger partial charge >= 0.3 is 0 Å². The summed E-state index contributed by atoms with van der Waals surface area (Å²) in [7, 11) is 4.21. The standard InChI is InChI=1S/C20H16N2O/c1-21-15-8-4-3-7-13(15)14-11-20-18(12-17(14)21)22(2)16-9-5-6-10-19(16)23-20/h3-12H,1-2H3. The molecule has 0 radical (unpaired) electrons. The maximum Gasteiger partial charge on any atom is 0.151 e. The minimum absolute atomic E-state index is 0.905. The minimum atomic E-state index is 0.905. The van der Waals surface area contributed by atoms with E-state index in [0.717, 1.165) is 22.9 Å². The summed E-state index contributed by atoms with van der Waals surface area (Å²) in [5.41, 5.74) is 4.66. The highest BCUT2D eigenvalue weighted by molar-refractivity contribution is 6.10. The van der Waals surface area contributed by atoms with Crippen molar-refractivity contribution < 1.29 is 4.74 Å². The van der Waals surface area contributed by atoms with Gasteiger partial charge in [0.05, 0.1) is 16.9 Å². The van der Waals surface area contributed by atoms with Gasteiger partial charge in [-0.1, -0.05) is 30.3 Å². The van der Waals surface area contributed by atoms with E-state index < -0.39 is 0 Å². The van der Waals surface area contributed by atoms with Crippen LogP contribution in [0.25, 0.3) is 21.8 Å². The molecule has 0 N–H and O–H groups in total. The molecule has 0 saturated heterocycles. The maximum absolute atomic E-state index is 6.16. The van der Waals surface area contributed by atoms with Gasteiger partial charge in [-0.2, -0.15) is 0 Å².